The highest BCUT2D eigenvalue weighted by molar-refractivity contribution is 5.93. The van der Waals surface area contributed by atoms with Crippen LogP contribution in [0.3, 0.4) is 0 Å². The number of nitrogens with one attached hydrogen (secondary N) is 2. The van der Waals surface area contributed by atoms with E-state index in [2.05, 4.69) is 20.3 Å². The van der Waals surface area contributed by atoms with Gasteiger partial charge >= 0.3 is 6.36 Å². The van der Waals surface area contributed by atoms with Crippen LogP contribution in [0.1, 0.15) is 12.8 Å². The van der Waals surface area contributed by atoms with E-state index in [9.17, 15) is 18.0 Å². The fourth-order valence-electron chi connectivity index (χ4n) is 2.89. The second-order valence-electron chi connectivity index (χ2n) is 6.21. The summed E-state index contributed by atoms with van der Waals surface area (Å²) < 4.78 is 40.2. The van der Waals surface area contributed by atoms with Crippen molar-refractivity contribution in [3.8, 4) is 5.75 Å². The quantitative estimate of drug-likeness (QED) is 0.789. The van der Waals surface area contributed by atoms with Crippen molar-refractivity contribution in [1.82, 2.24) is 0 Å². The van der Waals surface area contributed by atoms with Crippen LogP contribution >= 0.6 is 0 Å². The van der Waals surface area contributed by atoms with Gasteiger partial charge in [-0.2, -0.15) is 0 Å². The number of carbonyl (C=O) groups is 1. The minimum absolute atomic E-state index is 0.00660. The van der Waals surface area contributed by atoms with E-state index < -0.39 is 6.36 Å². The number of rotatable bonds is 6. The van der Waals surface area contributed by atoms with E-state index in [0.29, 0.717) is 11.4 Å². The number of benzene rings is 2. The molecule has 2 aromatic rings. The van der Waals surface area contributed by atoms with E-state index >= 15 is 0 Å². The second kappa shape index (κ2) is 8.20. The molecular weight excluding hydrogens is 359 g/mol. The van der Waals surface area contributed by atoms with Crippen molar-refractivity contribution < 1.29 is 22.7 Å². The molecule has 0 bridgehead atoms. The molecule has 3 rings (SSSR count). The summed E-state index contributed by atoms with van der Waals surface area (Å²) in [7, 11) is 0. The molecule has 0 unspecified atom stereocenters. The van der Waals surface area contributed by atoms with Gasteiger partial charge in [0.2, 0.25) is 5.91 Å². The van der Waals surface area contributed by atoms with Crippen molar-refractivity contribution in [2.75, 3.05) is 35.2 Å². The van der Waals surface area contributed by atoms with Gasteiger partial charge in [-0.3, -0.25) is 4.79 Å². The SMILES string of the molecule is O=C(CNc1ccc(OC(F)(F)F)cc1)Nc1ccc(N2CCCC2)cc1. The molecule has 0 aromatic heterocycles. The van der Waals surface area contributed by atoms with Gasteiger partial charge in [-0.15, -0.1) is 13.2 Å². The van der Waals surface area contributed by atoms with E-state index in [0.717, 1.165) is 18.8 Å². The summed E-state index contributed by atoms with van der Waals surface area (Å²) in [6, 6.07) is 12.9. The number of hydrogen-bond acceptors (Lipinski definition) is 4. The Hall–Kier alpha value is -2.90. The third-order valence-corrected chi connectivity index (χ3v) is 4.16. The van der Waals surface area contributed by atoms with Gasteiger partial charge in [-0.25, -0.2) is 0 Å². The lowest BCUT2D eigenvalue weighted by molar-refractivity contribution is -0.274. The largest absolute Gasteiger partial charge is 0.573 e. The molecule has 0 radical (unpaired) electrons. The van der Waals surface area contributed by atoms with Gasteiger partial charge in [-0.1, -0.05) is 0 Å². The first-order chi connectivity index (χ1) is 12.9. The maximum atomic E-state index is 12.1. The van der Waals surface area contributed by atoms with Gasteiger partial charge in [0.05, 0.1) is 6.54 Å². The lowest BCUT2D eigenvalue weighted by Crippen LogP contribution is -2.22. The van der Waals surface area contributed by atoms with E-state index in [1.807, 2.05) is 24.3 Å². The van der Waals surface area contributed by atoms with Crippen LogP contribution in [0.25, 0.3) is 0 Å². The van der Waals surface area contributed by atoms with Crippen LogP contribution in [0.2, 0.25) is 0 Å². The molecule has 1 aliphatic rings. The molecule has 1 amide bonds. The Morgan fingerprint density at radius 3 is 2.15 bits per heavy atom. The summed E-state index contributed by atoms with van der Waals surface area (Å²) in [5.41, 5.74) is 2.35. The molecule has 5 nitrogen and oxygen atoms in total. The van der Waals surface area contributed by atoms with Gasteiger partial charge in [0.25, 0.3) is 0 Å². The number of nitrogens with zero attached hydrogens (tertiary/aromatic N) is 1. The first kappa shape index (κ1) is 18.9. The summed E-state index contributed by atoms with van der Waals surface area (Å²) in [6.07, 6.45) is -2.32. The number of amides is 1. The van der Waals surface area contributed by atoms with Gasteiger partial charge in [-0.05, 0) is 61.4 Å². The molecule has 0 atom stereocenters. The number of anilines is 3. The lowest BCUT2D eigenvalue weighted by atomic mass is 10.2. The predicted octanol–water partition coefficient (Wildman–Crippen LogP) is 4.24. The summed E-state index contributed by atoms with van der Waals surface area (Å²) in [5, 5.41) is 5.63. The fraction of sp³-hybridized carbons (Fsp3) is 0.316. The molecule has 0 spiro atoms. The van der Waals surface area contributed by atoms with E-state index in [1.54, 1.807) is 0 Å². The summed E-state index contributed by atoms with van der Waals surface area (Å²) in [4.78, 5) is 14.3. The molecule has 0 aliphatic carbocycles. The van der Waals surface area contributed by atoms with Gasteiger partial charge in [0.15, 0.2) is 0 Å². The highest BCUT2D eigenvalue weighted by atomic mass is 19.4. The topological polar surface area (TPSA) is 53.6 Å². The molecule has 1 aliphatic heterocycles. The van der Waals surface area contributed by atoms with Crippen LogP contribution in [-0.2, 0) is 4.79 Å². The normalized spacial score (nSPS) is 14.1. The number of alkyl halides is 3. The summed E-state index contributed by atoms with van der Waals surface area (Å²) in [5.74, 6) is -0.560. The van der Waals surface area contributed by atoms with Crippen LogP contribution in [-0.4, -0.2) is 31.9 Å². The zero-order valence-electron chi connectivity index (χ0n) is 14.6. The molecule has 0 saturated carbocycles. The average molecular weight is 379 g/mol. The molecule has 144 valence electrons. The molecule has 2 N–H and O–H groups in total. The monoisotopic (exact) mass is 379 g/mol. The first-order valence-corrected chi connectivity index (χ1v) is 8.64. The van der Waals surface area contributed by atoms with Gasteiger partial charge in [0.1, 0.15) is 5.75 Å². The molecule has 1 fully saturated rings. The highest BCUT2D eigenvalue weighted by Gasteiger charge is 2.30. The third kappa shape index (κ3) is 5.80. The molecule has 27 heavy (non-hydrogen) atoms. The Morgan fingerprint density at radius 2 is 1.56 bits per heavy atom. The van der Waals surface area contributed by atoms with Crippen molar-refractivity contribution in [3.63, 3.8) is 0 Å². The van der Waals surface area contributed by atoms with Crippen molar-refractivity contribution in [2.24, 2.45) is 0 Å². The number of ether oxygens (including phenoxy) is 1. The van der Waals surface area contributed by atoms with Crippen molar-refractivity contribution in [2.45, 2.75) is 19.2 Å². The molecule has 8 heteroatoms. The van der Waals surface area contributed by atoms with E-state index in [4.69, 9.17) is 0 Å². The smallest absolute Gasteiger partial charge is 0.406 e. The highest BCUT2D eigenvalue weighted by Crippen LogP contribution is 2.24. The molecular formula is C19H20F3N3O2. The van der Waals surface area contributed by atoms with E-state index in [-0.39, 0.29) is 18.2 Å². The van der Waals surface area contributed by atoms with Crippen molar-refractivity contribution >= 4 is 23.0 Å². The lowest BCUT2D eigenvalue weighted by Gasteiger charge is -2.17. The Morgan fingerprint density at radius 1 is 0.963 bits per heavy atom. The Balaban J connectivity index is 1.46. The van der Waals surface area contributed by atoms with Crippen molar-refractivity contribution in [1.29, 1.82) is 0 Å². The second-order valence-corrected chi connectivity index (χ2v) is 6.21. The molecule has 1 heterocycles. The predicted molar refractivity (Wildman–Crippen MR) is 98.1 cm³/mol. The van der Waals surface area contributed by atoms with E-state index in [1.165, 1.54) is 37.1 Å². The van der Waals surface area contributed by atoms with Gasteiger partial charge < -0.3 is 20.3 Å². The Kier molecular flexibility index (Phi) is 5.73. The fourth-order valence-corrected chi connectivity index (χ4v) is 2.89. The average Bonchev–Trinajstić information content (AvgIpc) is 3.15. The summed E-state index contributed by atoms with van der Waals surface area (Å²) in [6.45, 7) is 2.11. The number of hydrogen-bond donors (Lipinski definition) is 2. The zero-order chi connectivity index (χ0) is 19.3. The standard InChI is InChI=1S/C19H20F3N3O2/c20-19(21,22)27-17-9-5-14(6-10-17)23-13-18(26)24-15-3-7-16(8-4-15)25-11-1-2-12-25/h3-10,23H,1-2,11-13H2,(H,24,26). The minimum Gasteiger partial charge on any atom is -0.406 e. The number of carbonyl (C=O) groups excluding carboxylic acids is 1. The Bertz CT molecular complexity index is 755. The van der Waals surface area contributed by atoms with Gasteiger partial charge in [0, 0.05) is 30.2 Å². The van der Waals surface area contributed by atoms with Crippen LogP contribution in [0.5, 0.6) is 5.75 Å². The minimum atomic E-state index is -4.72. The van der Waals surface area contributed by atoms with Crippen LogP contribution < -0.4 is 20.3 Å². The van der Waals surface area contributed by atoms with Crippen LogP contribution in [0, 0.1) is 0 Å². The third-order valence-electron chi connectivity index (χ3n) is 4.16. The summed E-state index contributed by atoms with van der Waals surface area (Å²) >= 11 is 0. The molecule has 2 aromatic carbocycles. The maximum Gasteiger partial charge on any atom is 0.573 e. The van der Waals surface area contributed by atoms with Crippen LogP contribution in [0.15, 0.2) is 48.5 Å². The Labute approximate surface area is 155 Å². The molecule has 1 saturated heterocycles. The number of halogens is 3. The van der Waals surface area contributed by atoms with Crippen molar-refractivity contribution in [3.05, 3.63) is 48.5 Å². The first-order valence-electron chi connectivity index (χ1n) is 8.64. The van der Waals surface area contributed by atoms with Crippen LogP contribution in [0.4, 0.5) is 30.2 Å². The zero-order valence-corrected chi connectivity index (χ0v) is 14.6. The maximum absolute atomic E-state index is 12.1.